The van der Waals surface area contributed by atoms with E-state index in [-0.39, 0.29) is 10.9 Å². The van der Waals surface area contributed by atoms with Crippen molar-refractivity contribution in [2.45, 2.75) is 6.92 Å². The lowest BCUT2D eigenvalue weighted by atomic mass is 10.2. The SMILES string of the molecule is Cc1nc2cc(-c3noc(-c4ccc(F)c(Cl)c4)n3)ccc2o1. The van der Waals surface area contributed by atoms with Crippen LogP contribution in [0.5, 0.6) is 0 Å². The van der Waals surface area contributed by atoms with Gasteiger partial charge in [-0.3, -0.25) is 0 Å². The quantitative estimate of drug-likeness (QED) is 0.535. The van der Waals surface area contributed by atoms with Crippen LogP contribution in [0.2, 0.25) is 5.02 Å². The van der Waals surface area contributed by atoms with E-state index in [0.29, 0.717) is 22.9 Å². The summed E-state index contributed by atoms with van der Waals surface area (Å²) in [6, 6.07) is 9.67. The van der Waals surface area contributed by atoms with Crippen molar-refractivity contribution in [3.05, 3.63) is 53.1 Å². The molecule has 0 amide bonds. The fourth-order valence-corrected chi connectivity index (χ4v) is 2.45. The van der Waals surface area contributed by atoms with E-state index < -0.39 is 5.82 Å². The molecule has 0 fully saturated rings. The molecule has 0 aliphatic rings. The first kappa shape index (κ1) is 13.9. The summed E-state index contributed by atoms with van der Waals surface area (Å²) in [4.78, 5) is 8.59. The molecule has 7 heteroatoms. The molecule has 0 aliphatic heterocycles. The van der Waals surface area contributed by atoms with E-state index >= 15 is 0 Å². The maximum absolute atomic E-state index is 13.2. The average molecular weight is 330 g/mol. The van der Waals surface area contributed by atoms with E-state index in [1.165, 1.54) is 18.2 Å². The first-order valence-electron chi connectivity index (χ1n) is 6.77. The molecule has 0 N–H and O–H groups in total. The van der Waals surface area contributed by atoms with Gasteiger partial charge in [-0.1, -0.05) is 16.8 Å². The second-order valence-electron chi connectivity index (χ2n) is 4.97. The van der Waals surface area contributed by atoms with Gasteiger partial charge in [0, 0.05) is 18.1 Å². The Labute approximate surface area is 134 Å². The lowest BCUT2D eigenvalue weighted by molar-refractivity contribution is 0.432. The molecular formula is C16H9ClFN3O2. The Morgan fingerprint density at radius 2 is 1.87 bits per heavy atom. The topological polar surface area (TPSA) is 65.0 Å². The Morgan fingerprint density at radius 1 is 1.04 bits per heavy atom. The minimum atomic E-state index is -0.498. The van der Waals surface area contributed by atoms with Crippen LogP contribution in [0.1, 0.15) is 5.89 Å². The summed E-state index contributed by atoms with van der Waals surface area (Å²) in [6.45, 7) is 1.78. The number of aromatic nitrogens is 3. The predicted molar refractivity (Wildman–Crippen MR) is 82.4 cm³/mol. The van der Waals surface area contributed by atoms with Crippen molar-refractivity contribution in [1.29, 1.82) is 0 Å². The van der Waals surface area contributed by atoms with Gasteiger partial charge in [0.25, 0.3) is 5.89 Å². The molecule has 0 unspecified atom stereocenters. The smallest absolute Gasteiger partial charge is 0.258 e. The zero-order chi connectivity index (χ0) is 16.0. The van der Waals surface area contributed by atoms with E-state index in [1.54, 1.807) is 13.0 Å². The van der Waals surface area contributed by atoms with Gasteiger partial charge < -0.3 is 8.94 Å². The van der Waals surface area contributed by atoms with E-state index in [2.05, 4.69) is 15.1 Å². The molecule has 23 heavy (non-hydrogen) atoms. The Bertz CT molecular complexity index is 1030. The third-order valence-corrected chi connectivity index (χ3v) is 3.63. The molecular weight excluding hydrogens is 321 g/mol. The largest absolute Gasteiger partial charge is 0.441 e. The van der Waals surface area contributed by atoms with Gasteiger partial charge in [-0.05, 0) is 36.4 Å². The number of rotatable bonds is 2. The van der Waals surface area contributed by atoms with E-state index in [9.17, 15) is 4.39 Å². The number of hydrogen-bond donors (Lipinski definition) is 0. The van der Waals surface area contributed by atoms with Crippen molar-refractivity contribution in [2.75, 3.05) is 0 Å². The molecule has 114 valence electrons. The average Bonchev–Trinajstić information content (AvgIpc) is 3.14. The Balaban J connectivity index is 1.74. The fourth-order valence-electron chi connectivity index (χ4n) is 2.27. The normalized spacial score (nSPS) is 11.3. The van der Waals surface area contributed by atoms with Crippen LogP contribution in [0.3, 0.4) is 0 Å². The Morgan fingerprint density at radius 3 is 2.70 bits per heavy atom. The van der Waals surface area contributed by atoms with Crippen molar-refractivity contribution >= 4 is 22.7 Å². The van der Waals surface area contributed by atoms with Crippen molar-refractivity contribution < 1.29 is 13.3 Å². The highest BCUT2D eigenvalue weighted by molar-refractivity contribution is 6.31. The zero-order valence-electron chi connectivity index (χ0n) is 11.9. The van der Waals surface area contributed by atoms with Crippen LogP contribution in [-0.2, 0) is 0 Å². The van der Waals surface area contributed by atoms with Crippen LogP contribution in [0, 0.1) is 12.7 Å². The highest BCUT2D eigenvalue weighted by atomic mass is 35.5. The lowest BCUT2D eigenvalue weighted by Gasteiger charge is -1.96. The Hall–Kier alpha value is -2.73. The van der Waals surface area contributed by atoms with Crippen LogP contribution in [-0.4, -0.2) is 15.1 Å². The van der Waals surface area contributed by atoms with E-state index in [0.717, 1.165) is 11.1 Å². The van der Waals surface area contributed by atoms with Gasteiger partial charge in [-0.25, -0.2) is 9.37 Å². The monoisotopic (exact) mass is 329 g/mol. The van der Waals surface area contributed by atoms with Crippen LogP contribution < -0.4 is 0 Å². The maximum atomic E-state index is 13.2. The summed E-state index contributed by atoms with van der Waals surface area (Å²) in [5.41, 5.74) is 2.71. The van der Waals surface area contributed by atoms with Crippen molar-refractivity contribution in [3.63, 3.8) is 0 Å². The number of halogens is 2. The molecule has 2 aromatic heterocycles. The molecule has 0 radical (unpaired) electrons. The predicted octanol–water partition coefficient (Wildman–Crippen LogP) is 4.65. The van der Waals surface area contributed by atoms with Crippen LogP contribution >= 0.6 is 11.6 Å². The van der Waals surface area contributed by atoms with Crippen LogP contribution in [0.4, 0.5) is 4.39 Å². The van der Waals surface area contributed by atoms with Gasteiger partial charge in [0.2, 0.25) is 5.82 Å². The third-order valence-electron chi connectivity index (χ3n) is 3.35. The zero-order valence-corrected chi connectivity index (χ0v) is 12.6. The number of hydrogen-bond acceptors (Lipinski definition) is 5. The van der Waals surface area contributed by atoms with Gasteiger partial charge in [0.05, 0.1) is 5.02 Å². The molecule has 5 nitrogen and oxygen atoms in total. The Kier molecular flexibility index (Phi) is 3.12. The molecule has 0 saturated heterocycles. The summed E-state index contributed by atoms with van der Waals surface area (Å²) in [5.74, 6) is 0.759. The van der Waals surface area contributed by atoms with Crippen LogP contribution in [0.25, 0.3) is 33.9 Å². The first-order chi connectivity index (χ1) is 11.1. The molecule has 4 aromatic rings. The maximum Gasteiger partial charge on any atom is 0.258 e. The molecule has 2 heterocycles. The molecule has 2 aromatic carbocycles. The third kappa shape index (κ3) is 2.47. The lowest BCUT2D eigenvalue weighted by Crippen LogP contribution is -1.83. The number of fused-ring (bicyclic) bond motifs is 1. The van der Waals surface area contributed by atoms with Gasteiger partial charge in [-0.15, -0.1) is 0 Å². The van der Waals surface area contributed by atoms with Gasteiger partial charge in [-0.2, -0.15) is 4.98 Å². The molecule has 0 bridgehead atoms. The first-order valence-corrected chi connectivity index (χ1v) is 7.14. The second kappa shape index (κ2) is 5.17. The second-order valence-corrected chi connectivity index (χ2v) is 5.37. The minimum absolute atomic E-state index is 0.00161. The number of benzene rings is 2. The standard InChI is InChI=1S/C16H9ClFN3O2/c1-8-19-13-7-9(3-5-14(13)22-8)15-20-16(23-21-15)10-2-4-12(18)11(17)6-10/h2-7H,1H3. The van der Waals surface area contributed by atoms with Crippen molar-refractivity contribution in [3.8, 4) is 22.8 Å². The number of aryl methyl sites for hydroxylation is 1. The highest BCUT2D eigenvalue weighted by Gasteiger charge is 2.13. The summed E-state index contributed by atoms with van der Waals surface area (Å²) < 4.78 is 23.9. The number of oxazole rings is 1. The fraction of sp³-hybridized carbons (Fsp3) is 0.0625. The summed E-state index contributed by atoms with van der Waals surface area (Å²) in [7, 11) is 0. The summed E-state index contributed by atoms with van der Waals surface area (Å²) >= 11 is 5.77. The molecule has 0 saturated carbocycles. The highest BCUT2D eigenvalue weighted by Crippen LogP contribution is 2.27. The summed E-state index contributed by atoms with van der Waals surface area (Å²) in [5, 5.41) is 3.95. The molecule has 0 spiro atoms. The molecule has 4 rings (SSSR count). The summed E-state index contributed by atoms with van der Waals surface area (Å²) in [6.07, 6.45) is 0. The minimum Gasteiger partial charge on any atom is -0.441 e. The van der Waals surface area contributed by atoms with Crippen LogP contribution in [0.15, 0.2) is 45.3 Å². The van der Waals surface area contributed by atoms with Crippen molar-refractivity contribution in [1.82, 2.24) is 15.1 Å². The van der Waals surface area contributed by atoms with Gasteiger partial charge in [0.15, 0.2) is 11.5 Å². The number of nitrogens with zero attached hydrogens (tertiary/aromatic N) is 3. The van der Waals surface area contributed by atoms with E-state index in [4.69, 9.17) is 20.5 Å². The van der Waals surface area contributed by atoms with Gasteiger partial charge >= 0.3 is 0 Å². The van der Waals surface area contributed by atoms with Crippen molar-refractivity contribution in [2.24, 2.45) is 0 Å². The molecule has 0 atom stereocenters. The molecule has 0 aliphatic carbocycles. The van der Waals surface area contributed by atoms with Gasteiger partial charge in [0.1, 0.15) is 11.3 Å². The van der Waals surface area contributed by atoms with E-state index in [1.807, 2.05) is 12.1 Å².